The summed E-state index contributed by atoms with van der Waals surface area (Å²) in [5, 5.41) is 0. The Morgan fingerprint density at radius 3 is 1.90 bits per heavy atom. The second-order valence-electron chi connectivity index (χ2n) is 1.82. The van der Waals surface area contributed by atoms with Crippen LogP contribution < -0.4 is 5.73 Å². The maximum Gasteiger partial charge on any atom is 0.156 e. The molecular formula is C6H14NO2Si. The van der Waals surface area contributed by atoms with E-state index in [4.69, 9.17) is 15.2 Å². The molecule has 0 spiro atoms. The lowest BCUT2D eigenvalue weighted by Crippen LogP contribution is -2.44. The minimum absolute atomic E-state index is 0.311. The Morgan fingerprint density at radius 1 is 1.30 bits per heavy atom. The molecule has 10 heavy (non-hydrogen) atoms. The van der Waals surface area contributed by atoms with E-state index < -0.39 is 5.41 Å². The van der Waals surface area contributed by atoms with Crippen molar-refractivity contribution in [2.75, 3.05) is 19.8 Å². The van der Waals surface area contributed by atoms with Gasteiger partial charge in [0, 0.05) is 19.8 Å². The second-order valence-corrected chi connectivity index (χ2v) is 2.58. The smallest absolute Gasteiger partial charge is 0.156 e. The quantitative estimate of drug-likeness (QED) is 0.449. The number of nitrogens with two attached hydrogens (primary N) is 1. The van der Waals surface area contributed by atoms with Gasteiger partial charge in [-0.1, -0.05) is 0 Å². The first-order valence-corrected chi connectivity index (χ1v) is 3.91. The highest BCUT2D eigenvalue weighted by molar-refractivity contribution is 6.13. The van der Waals surface area contributed by atoms with Gasteiger partial charge in [0.15, 0.2) is 5.41 Å². The lowest BCUT2D eigenvalue weighted by molar-refractivity contribution is -0.165. The minimum Gasteiger partial charge on any atom is -0.354 e. The van der Waals surface area contributed by atoms with Gasteiger partial charge in [0.2, 0.25) is 0 Å². The zero-order valence-electron chi connectivity index (χ0n) is 6.52. The number of hydrogen-bond donors (Lipinski definition) is 1. The summed E-state index contributed by atoms with van der Waals surface area (Å²) in [7, 11) is 3.29. The fourth-order valence-corrected chi connectivity index (χ4v) is 0.915. The van der Waals surface area contributed by atoms with E-state index >= 15 is 0 Å². The molecule has 0 atom stereocenters. The Bertz CT molecular complexity index is 83.8. The molecule has 0 fully saturated rings. The van der Waals surface area contributed by atoms with Gasteiger partial charge < -0.3 is 15.2 Å². The molecule has 0 saturated heterocycles. The molecule has 0 aliphatic rings. The molecule has 0 aromatic heterocycles. The molecule has 0 heterocycles. The molecule has 0 rings (SSSR count). The first-order valence-electron chi connectivity index (χ1n) is 3.41. The molecule has 4 heteroatoms. The summed E-state index contributed by atoms with van der Waals surface area (Å²) in [4.78, 5) is 0. The molecule has 2 N–H and O–H groups in total. The van der Waals surface area contributed by atoms with Crippen LogP contribution in [0.4, 0.5) is 0 Å². The molecule has 59 valence electrons. The van der Waals surface area contributed by atoms with Crippen LogP contribution in [-0.4, -0.2) is 35.4 Å². The van der Waals surface area contributed by atoms with E-state index in [1.165, 1.54) is 0 Å². The van der Waals surface area contributed by atoms with Crippen molar-refractivity contribution in [3.63, 3.8) is 0 Å². The average molecular weight is 160 g/mol. The van der Waals surface area contributed by atoms with Gasteiger partial charge in [-0.05, 0) is 13.8 Å². The van der Waals surface area contributed by atoms with Crippen molar-refractivity contribution < 1.29 is 9.47 Å². The SMILES string of the molecule is CCOC([Si])(CN)OCC. The van der Waals surface area contributed by atoms with Crippen LogP contribution >= 0.6 is 0 Å². The van der Waals surface area contributed by atoms with Gasteiger partial charge in [0.25, 0.3) is 0 Å². The maximum atomic E-state index is 5.38. The predicted octanol–water partition coefficient (Wildman–Crippen LogP) is -0.160. The lowest BCUT2D eigenvalue weighted by Gasteiger charge is -2.27. The third-order valence-corrected chi connectivity index (χ3v) is 1.52. The first-order chi connectivity index (χ1) is 4.68. The van der Waals surface area contributed by atoms with E-state index in [1.807, 2.05) is 13.8 Å². The molecule has 0 saturated carbocycles. The molecule has 0 aliphatic heterocycles. The molecule has 3 nitrogen and oxygen atoms in total. The van der Waals surface area contributed by atoms with Crippen LogP contribution in [0.1, 0.15) is 13.8 Å². The summed E-state index contributed by atoms with van der Waals surface area (Å²) in [5.41, 5.74) is 4.61. The van der Waals surface area contributed by atoms with Crippen molar-refractivity contribution in [3.8, 4) is 0 Å². The van der Waals surface area contributed by atoms with Crippen LogP contribution in [0.2, 0.25) is 0 Å². The van der Waals surface area contributed by atoms with Crippen molar-refractivity contribution in [2.45, 2.75) is 19.3 Å². The van der Waals surface area contributed by atoms with Gasteiger partial charge in [0.05, 0.1) is 0 Å². The maximum absolute atomic E-state index is 5.38. The summed E-state index contributed by atoms with van der Waals surface area (Å²) in [6, 6.07) is 0. The van der Waals surface area contributed by atoms with Crippen LogP contribution in [0.3, 0.4) is 0 Å². The summed E-state index contributed by atoms with van der Waals surface area (Å²) in [6.45, 7) is 5.26. The molecular weight excluding hydrogens is 146 g/mol. The number of hydrogen-bond acceptors (Lipinski definition) is 3. The Labute approximate surface area is 65.3 Å². The first kappa shape index (κ1) is 10.1. The Kier molecular flexibility index (Phi) is 4.89. The van der Waals surface area contributed by atoms with Gasteiger partial charge in [0.1, 0.15) is 10.2 Å². The van der Waals surface area contributed by atoms with E-state index in [9.17, 15) is 0 Å². The molecule has 0 unspecified atom stereocenters. The standard InChI is InChI=1S/C6H14NO2Si/c1-3-8-6(10,5-7)9-4-2/h3-5,7H2,1-2H3. The Morgan fingerprint density at radius 2 is 1.70 bits per heavy atom. The van der Waals surface area contributed by atoms with E-state index in [0.29, 0.717) is 19.8 Å². The topological polar surface area (TPSA) is 44.5 Å². The van der Waals surface area contributed by atoms with Crippen LogP contribution in [-0.2, 0) is 9.47 Å². The van der Waals surface area contributed by atoms with E-state index in [-0.39, 0.29) is 0 Å². The fraction of sp³-hybridized carbons (Fsp3) is 1.00. The summed E-state index contributed by atoms with van der Waals surface area (Å²) in [6.07, 6.45) is 0. The number of ether oxygens (including phenoxy) is 2. The third kappa shape index (κ3) is 3.31. The van der Waals surface area contributed by atoms with Crippen molar-refractivity contribution in [3.05, 3.63) is 0 Å². The number of rotatable bonds is 5. The van der Waals surface area contributed by atoms with E-state index in [2.05, 4.69) is 10.2 Å². The lowest BCUT2D eigenvalue weighted by atomic mass is 10.6. The monoisotopic (exact) mass is 160 g/mol. The molecule has 0 bridgehead atoms. The van der Waals surface area contributed by atoms with E-state index in [0.717, 1.165) is 0 Å². The summed E-state index contributed by atoms with van der Waals surface area (Å²) < 4.78 is 10.4. The third-order valence-electron chi connectivity index (χ3n) is 1.02. The van der Waals surface area contributed by atoms with E-state index in [1.54, 1.807) is 0 Å². The normalized spacial score (nSPS) is 12.0. The van der Waals surface area contributed by atoms with Crippen molar-refractivity contribution in [1.82, 2.24) is 0 Å². The molecule has 0 aliphatic carbocycles. The highest BCUT2D eigenvalue weighted by atomic mass is 28.1. The van der Waals surface area contributed by atoms with Crippen molar-refractivity contribution in [1.29, 1.82) is 0 Å². The van der Waals surface area contributed by atoms with Crippen molar-refractivity contribution in [2.24, 2.45) is 5.73 Å². The van der Waals surface area contributed by atoms with Gasteiger partial charge in [-0.2, -0.15) is 0 Å². The Balaban J connectivity index is 3.69. The zero-order valence-corrected chi connectivity index (χ0v) is 7.52. The Hall–Kier alpha value is 0.0969. The van der Waals surface area contributed by atoms with Crippen molar-refractivity contribution >= 4 is 10.2 Å². The van der Waals surface area contributed by atoms with Crippen LogP contribution in [0.15, 0.2) is 0 Å². The second kappa shape index (κ2) is 4.84. The van der Waals surface area contributed by atoms with Gasteiger partial charge in [-0.25, -0.2) is 0 Å². The molecule has 0 aromatic rings. The largest absolute Gasteiger partial charge is 0.354 e. The minimum atomic E-state index is -0.774. The van der Waals surface area contributed by atoms with Crippen LogP contribution in [0.5, 0.6) is 0 Å². The molecule has 3 radical (unpaired) electrons. The predicted molar refractivity (Wildman–Crippen MR) is 40.8 cm³/mol. The summed E-state index contributed by atoms with van der Waals surface area (Å²) in [5.74, 6) is 0. The zero-order chi connectivity index (χ0) is 8.04. The van der Waals surface area contributed by atoms with Gasteiger partial charge in [-0.15, -0.1) is 0 Å². The molecule has 0 amide bonds. The fourth-order valence-electron chi connectivity index (χ4n) is 0.626. The average Bonchev–Trinajstić information content (AvgIpc) is 1.89. The highest BCUT2D eigenvalue weighted by Gasteiger charge is 2.21. The van der Waals surface area contributed by atoms with Crippen LogP contribution in [0.25, 0.3) is 0 Å². The van der Waals surface area contributed by atoms with Gasteiger partial charge in [-0.3, -0.25) is 0 Å². The summed E-state index contributed by atoms with van der Waals surface area (Å²) >= 11 is 0. The van der Waals surface area contributed by atoms with Gasteiger partial charge >= 0.3 is 0 Å². The van der Waals surface area contributed by atoms with Crippen LogP contribution in [0, 0.1) is 0 Å². The highest BCUT2D eigenvalue weighted by Crippen LogP contribution is 2.04. The molecule has 0 aromatic carbocycles.